The number of hydrogen-bond acceptors (Lipinski definition) is 10. The molecule has 16 heteroatoms. The number of benzene rings is 2. The van der Waals surface area contributed by atoms with Crippen molar-refractivity contribution in [1.29, 1.82) is 0 Å². The number of aromatic nitrogens is 1. The molecule has 14 nitrogen and oxygen atoms in total. The molecular weight excluding hydrogens is 774 g/mol. The number of nitrogens with zero attached hydrogens (tertiary/aromatic N) is 2. The summed E-state index contributed by atoms with van der Waals surface area (Å²) in [5.74, 6) is -2.18. The molecule has 2 saturated carbocycles. The number of rotatable bonds is 6. The maximum atomic E-state index is 14.6. The van der Waals surface area contributed by atoms with E-state index in [4.69, 9.17) is 30.5 Å². The Bertz CT molecular complexity index is 2420. The lowest BCUT2D eigenvalue weighted by Crippen LogP contribution is -2.58. The highest BCUT2D eigenvalue weighted by atomic mass is 35.5. The Balaban J connectivity index is 1.15. The van der Waals surface area contributed by atoms with Gasteiger partial charge in [-0.15, -0.1) is 0 Å². The molecule has 2 aromatic carbocycles. The molecule has 4 amide bonds. The summed E-state index contributed by atoms with van der Waals surface area (Å²) >= 11 is 6.48. The molecule has 3 N–H and O–H groups in total. The number of sulfonamides is 1. The first-order chi connectivity index (χ1) is 27.1. The van der Waals surface area contributed by atoms with Gasteiger partial charge in [0.15, 0.2) is 5.58 Å². The second kappa shape index (κ2) is 14.8. The highest BCUT2D eigenvalue weighted by molar-refractivity contribution is 7.91. The van der Waals surface area contributed by atoms with Gasteiger partial charge >= 0.3 is 6.09 Å². The molecule has 0 bridgehead atoms. The van der Waals surface area contributed by atoms with Crippen molar-refractivity contribution < 1.29 is 41.5 Å². The van der Waals surface area contributed by atoms with E-state index in [9.17, 15) is 27.6 Å². The van der Waals surface area contributed by atoms with Crippen LogP contribution in [0.4, 0.5) is 4.79 Å². The third-order valence-electron chi connectivity index (χ3n) is 11.1. The molecule has 1 unspecified atom stereocenters. The van der Waals surface area contributed by atoms with Crippen molar-refractivity contribution in [3.05, 3.63) is 59.6 Å². The molecule has 3 fully saturated rings. The Labute approximate surface area is 335 Å². The van der Waals surface area contributed by atoms with Crippen LogP contribution in [0.3, 0.4) is 0 Å². The molecule has 57 heavy (non-hydrogen) atoms. The summed E-state index contributed by atoms with van der Waals surface area (Å²) in [5.41, 5.74) is -0.584. The average molecular weight is 820 g/mol. The fourth-order valence-corrected chi connectivity index (χ4v) is 9.46. The summed E-state index contributed by atoms with van der Waals surface area (Å²) in [6.07, 6.45) is 6.49. The Morgan fingerprint density at radius 1 is 1.04 bits per heavy atom. The number of furan rings is 1. The molecule has 4 heterocycles. The van der Waals surface area contributed by atoms with Crippen LogP contribution in [0.25, 0.3) is 32.8 Å². The lowest BCUT2D eigenvalue weighted by atomic mass is 10.0. The van der Waals surface area contributed by atoms with E-state index in [1.807, 2.05) is 42.5 Å². The van der Waals surface area contributed by atoms with Crippen molar-refractivity contribution in [2.24, 2.45) is 5.92 Å². The van der Waals surface area contributed by atoms with E-state index in [1.54, 1.807) is 32.9 Å². The van der Waals surface area contributed by atoms with Crippen molar-refractivity contribution in [2.45, 2.75) is 113 Å². The predicted molar refractivity (Wildman–Crippen MR) is 213 cm³/mol. The largest absolute Gasteiger partial charge is 0.472 e. The van der Waals surface area contributed by atoms with Gasteiger partial charge < -0.3 is 29.4 Å². The number of pyridine rings is 1. The van der Waals surface area contributed by atoms with Crippen LogP contribution in [0, 0.1) is 5.92 Å². The van der Waals surface area contributed by atoms with Crippen LogP contribution in [-0.4, -0.2) is 83.2 Å². The number of ether oxygens (including phenoxy) is 2. The number of carbonyl (C=O) groups excluding carboxylic acids is 4. The minimum absolute atomic E-state index is 0.00319. The van der Waals surface area contributed by atoms with Gasteiger partial charge in [-0.25, -0.2) is 18.2 Å². The van der Waals surface area contributed by atoms with E-state index >= 15 is 0 Å². The molecule has 302 valence electrons. The first-order valence-corrected chi connectivity index (χ1v) is 21.5. The van der Waals surface area contributed by atoms with E-state index in [0.717, 1.165) is 18.2 Å². The Morgan fingerprint density at radius 2 is 1.82 bits per heavy atom. The molecule has 1 saturated heterocycles. The lowest BCUT2D eigenvalue weighted by Gasteiger charge is -2.30. The van der Waals surface area contributed by atoms with Gasteiger partial charge in [0.05, 0.1) is 11.8 Å². The fourth-order valence-electron chi connectivity index (χ4n) is 7.92. The van der Waals surface area contributed by atoms with Crippen LogP contribution in [0.15, 0.2) is 59.0 Å². The van der Waals surface area contributed by atoms with E-state index in [0.29, 0.717) is 64.6 Å². The number of halogens is 1. The van der Waals surface area contributed by atoms with Gasteiger partial charge in [-0.05, 0) is 89.6 Å². The zero-order valence-corrected chi connectivity index (χ0v) is 33.6. The van der Waals surface area contributed by atoms with Crippen LogP contribution < -0.4 is 20.1 Å². The average Bonchev–Trinajstić information content (AvgIpc) is 4.05. The van der Waals surface area contributed by atoms with Gasteiger partial charge in [0.2, 0.25) is 27.7 Å². The standard InChI is InChI=1S/C41H46ClN5O9S/c1-40(2,3)56-39(51)43-30-13-8-6-4-5-7-11-23-21-41(23,38(50)46-57(52,53)26-16-17-26)45-35(48)31-20-25(22-47(31)37(30)49)54-36-29-19-24(42)15-18-27(29)34-33(44-36)28-12-9-10-14-32(28)55-34/h7,9-12,14-15,18-19,23,25-26,30-31H,4-6,8,13,16-17,20-22H2,1-3H3,(H,43,51)(H,45,48)(H,46,50)/b11-7+/t23?,25-,30+,31+,41-/m1/s1. The molecule has 4 aliphatic rings. The first kappa shape index (κ1) is 39.0. The van der Waals surface area contributed by atoms with Crippen molar-refractivity contribution in [1.82, 2.24) is 25.2 Å². The Morgan fingerprint density at radius 3 is 2.60 bits per heavy atom. The summed E-state index contributed by atoms with van der Waals surface area (Å²) in [6, 6.07) is 10.6. The molecule has 0 radical (unpaired) electrons. The van der Waals surface area contributed by atoms with Crippen LogP contribution in [0.1, 0.15) is 78.6 Å². The van der Waals surface area contributed by atoms with E-state index in [-0.39, 0.29) is 25.3 Å². The summed E-state index contributed by atoms with van der Waals surface area (Å²) in [6.45, 7) is 5.12. The van der Waals surface area contributed by atoms with Crippen LogP contribution in [0.5, 0.6) is 5.88 Å². The number of allylic oxidation sites excluding steroid dienone is 1. The molecule has 0 spiro atoms. The van der Waals surface area contributed by atoms with Crippen LogP contribution in [-0.2, 0) is 29.1 Å². The zero-order chi connectivity index (χ0) is 40.3. The number of alkyl carbamates (subject to hydrolysis) is 1. The normalized spacial score (nSPS) is 26.5. The van der Waals surface area contributed by atoms with Crippen molar-refractivity contribution in [3.63, 3.8) is 0 Å². The fraction of sp³-hybridized carbons (Fsp3) is 0.488. The Hall–Kier alpha value is -4.89. The lowest BCUT2D eigenvalue weighted by molar-refractivity contribution is -0.141. The maximum absolute atomic E-state index is 14.6. The number of hydrogen-bond donors (Lipinski definition) is 3. The van der Waals surface area contributed by atoms with Gasteiger partial charge in [-0.3, -0.25) is 19.1 Å². The second-order valence-corrected chi connectivity index (χ2v) is 19.0. The maximum Gasteiger partial charge on any atom is 0.408 e. The number of fused-ring (bicyclic) bond motifs is 7. The minimum Gasteiger partial charge on any atom is -0.472 e. The van der Waals surface area contributed by atoms with Gasteiger partial charge in [-0.2, -0.15) is 0 Å². The van der Waals surface area contributed by atoms with Crippen molar-refractivity contribution in [3.8, 4) is 5.88 Å². The zero-order valence-electron chi connectivity index (χ0n) is 32.0. The monoisotopic (exact) mass is 819 g/mol. The van der Waals surface area contributed by atoms with Gasteiger partial charge in [0.1, 0.15) is 40.4 Å². The SMILES string of the molecule is CC(C)(C)OC(=O)N[C@H]1CCCCC/C=C/C2C[C@@]2(C(=O)NS(=O)(=O)C2CC2)NC(=O)[C@@H]2C[C@@H](Oc3nc4c5ccccc5oc4c4ccc(Cl)cc34)CN2C1=O. The summed E-state index contributed by atoms with van der Waals surface area (Å²) in [5, 5.41) is 7.49. The van der Waals surface area contributed by atoms with Gasteiger partial charge in [0, 0.05) is 33.5 Å². The second-order valence-electron chi connectivity index (χ2n) is 16.6. The number of nitrogens with one attached hydrogen (secondary N) is 3. The van der Waals surface area contributed by atoms with Gasteiger partial charge in [0.25, 0.3) is 5.91 Å². The number of amides is 4. The number of para-hydroxylation sites is 1. The summed E-state index contributed by atoms with van der Waals surface area (Å²) in [7, 11) is -3.91. The summed E-state index contributed by atoms with van der Waals surface area (Å²) < 4.78 is 46.4. The molecule has 4 aromatic rings. The number of carbonyl (C=O) groups is 4. The first-order valence-electron chi connectivity index (χ1n) is 19.5. The molecule has 2 aliphatic heterocycles. The molecule has 8 rings (SSSR count). The van der Waals surface area contributed by atoms with E-state index < -0.39 is 74.3 Å². The third kappa shape index (κ3) is 8.00. The van der Waals surface area contributed by atoms with E-state index in [2.05, 4.69) is 15.4 Å². The molecular formula is C41H46ClN5O9S. The summed E-state index contributed by atoms with van der Waals surface area (Å²) in [4.78, 5) is 62.3. The predicted octanol–water partition coefficient (Wildman–Crippen LogP) is 6.03. The van der Waals surface area contributed by atoms with E-state index in [1.165, 1.54) is 4.90 Å². The molecule has 5 atom stereocenters. The van der Waals surface area contributed by atoms with Crippen molar-refractivity contribution in [2.75, 3.05) is 6.54 Å². The molecule has 2 aliphatic carbocycles. The van der Waals surface area contributed by atoms with Gasteiger partial charge in [-0.1, -0.05) is 48.7 Å². The highest BCUT2D eigenvalue weighted by Gasteiger charge is 2.62. The van der Waals surface area contributed by atoms with Crippen molar-refractivity contribution >= 4 is 78.3 Å². The highest BCUT2D eigenvalue weighted by Crippen LogP contribution is 2.46. The van der Waals surface area contributed by atoms with Crippen LogP contribution >= 0.6 is 11.6 Å². The molecule has 2 aromatic heterocycles. The quantitative estimate of drug-likeness (QED) is 0.194. The minimum atomic E-state index is -3.91. The topological polar surface area (TPSA) is 186 Å². The smallest absolute Gasteiger partial charge is 0.408 e. The van der Waals surface area contributed by atoms with Crippen LogP contribution in [0.2, 0.25) is 5.02 Å². The third-order valence-corrected chi connectivity index (χ3v) is 13.1. The Kier molecular flexibility index (Phi) is 10.1.